The molecule has 1 aromatic carbocycles. The molecule has 0 saturated heterocycles. The summed E-state index contributed by atoms with van der Waals surface area (Å²) in [6.07, 6.45) is 0. The van der Waals surface area contributed by atoms with Crippen LogP contribution >= 0.6 is 22.9 Å². The number of hydrogen-bond acceptors (Lipinski definition) is 4. The summed E-state index contributed by atoms with van der Waals surface area (Å²) in [5, 5.41) is 12.2. The van der Waals surface area contributed by atoms with E-state index in [1.807, 2.05) is 0 Å². The molecule has 0 spiro atoms. The van der Waals surface area contributed by atoms with E-state index in [9.17, 15) is 10.1 Å². The van der Waals surface area contributed by atoms with E-state index in [1.54, 1.807) is 6.07 Å². The molecule has 0 radical (unpaired) electrons. The van der Waals surface area contributed by atoms with E-state index in [1.165, 1.54) is 23.5 Å². The lowest BCUT2D eigenvalue weighted by atomic mass is 10.2. The van der Waals surface area contributed by atoms with Gasteiger partial charge in [0.25, 0.3) is 5.69 Å². The molecule has 0 amide bonds. The molecule has 0 unspecified atom stereocenters. The van der Waals surface area contributed by atoms with Gasteiger partial charge in [-0.2, -0.15) is 0 Å². The first kappa shape index (κ1) is 9.23. The van der Waals surface area contributed by atoms with Gasteiger partial charge in [0.15, 0.2) is 0 Å². The Hall–Kier alpha value is -1.33. The maximum absolute atomic E-state index is 10.5. The number of benzene rings is 1. The minimum absolute atomic E-state index is 0.0136. The van der Waals surface area contributed by atoms with Gasteiger partial charge in [-0.1, -0.05) is 11.6 Å². The molecule has 0 saturated carbocycles. The van der Waals surface area contributed by atoms with Crippen LogP contribution < -0.4 is 5.73 Å². The summed E-state index contributed by atoms with van der Waals surface area (Å²) in [4.78, 5) is 10.0. The predicted octanol–water partition coefficient (Wildman–Crippen LogP) is 3.05. The number of thiophene rings is 1. The molecule has 2 aromatic rings. The summed E-state index contributed by atoms with van der Waals surface area (Å²) in [7, 11) is 0. The Morgan fingerprint density at radius 3 is 2.79 bits per heavy atom. The van der Waals surface area contributed by atoms with Gasteiger partial charge in [0.1, 0.15) is 0 Å². The van der Waals surface area contributed by atoms with Gasteiger partial charge in [0.2, 0.25) is 0 Å². The standard InChI is InChI=1S/C8H5ClN2O2S/c9-6-3-5(11(12)13)1-4-2-7(10)14-8(4)6/h1-3H,10H2. The number of halogens is 1. The SMILES string of the molecule is Nc1cc2cc([N+](=O)[O-])cc(Cl)c2s1. The summed E-state index contributed by atoms with van der Waals surface area (Å²) >= 11 is 7.19. The van der Waals surface area contributed by atoms with E-state index < -0.39 is 4.92 Å². The lowest BCUT2D eigenvalue weighted by molar-refractivity contribution is -0.384. The third-order valence-electron chi connectivity index (χ3n) is 1.79. The van der Waals surface area contributed by atoms with E-state index in [2.05, 4.69) is 0 Å². The quantitative estimate of drug-likeness (QED) is 0.602. The van der Waals surface area contributed by atoms with Crippen LogP contribution in [-0.2, 0) is 0 Å². The second kappa shape index (κ2) is 3.11. The van der Waals surface area contributed by atoms with Crippen molar-refractivity contribution in [2.45, 2.75) is 0 Å². The number of hydrogen-bond donors (Lipinski definition) is 1. The van der Waals surface area contributed by atoms with Gasteiger partial charge in [-0.15, -0.1) is 11.3 Å². The number of rotatable bonds is 1. The van der Waals surface area contributed by atoms with Crippen molar-refractivity contribution in [3.05, 3.63) is 33.3 Å². The maximum Gasteiger partial charge on any atom is 0.271 e. The van der Waals surface area contributed by atoms with Gasteiger partial charge < -0.3 is 5.73 Å². The fraction of sp³-hybridized carbons (Fsp3) is 0. The number of nitro groups is 1. The molecule has 0 fully saturated rings. The van der Waals surface area contributed by atoms with E-state index in [0.717, 1.165) is 4.70 Å². The number of nitrogens with zero attached hydrogens (tertiary/aromatic N) is 1. The van der Waals surface area contributed by atoms with Gasteiger partial charge in [0.05, 0.1) is 19.6 Å². The first-order valence-corrected chi connectivity index (χ1v) is 4.90. The van der Waals surface area contributed by atoms with Crippen LogP contribution in [0.15, 0.2) is 18.2 Å². The summed E-state index contributed by atoms with van der Waals surface area (Å²) < 4.78 is 0.787. The van der Waals surface area contributed by atoms with Crippen LogP contribution in [0, 0.1) is 10.1 Å². The van der Waals surface area contributed by atoms with Gasteiger partial charge in [-0.05, 0) is 6.07 Å². The molecule has 2 N–H and O–H groups in total. The molecule has 1 heterocycles. The number of nitrogen functional groups attached to an aromatic ring is 1. The first-order valence-electron chi connectivity index (χ1n) is 3.71. The molecule has 0 atom stereocenters. The molecule has 0 aliphatic rings. The topological polar surface area (TPSA) is 69.2 Å². The highest BCUT2D eigenvalue weighted by Gasteiger charge is 2.12. The van der Waals surface area contributed by atoms with Crippen LogP contribution in [0.25, 0.3) is 10.1 Å². The van der Waals surface area contributed by atoms with Crippen molar-refractivity contribution in [3.8, 4) is 0 Å². The zero-order chi connectivity index (χ0) is 10.3. The van der Waals surface area contributed by atoms with Gasteiger partial charge in [-0.25, -0.2) is 0 Å². The zero-order valence-corrected chi connectivity index (χ0v) is 8.43. The Morgan fingerprint density at radius 2 is 2.14 bits per heavy atom. The molecule has 0 aliphatic heterocycles. The predicted molar refractivity (Wildman–Crippen MR) is 57.9 cm³/mol. The Morgan fingerprint density at radius 1 is 1.43 bits per heavy atom. The van der Waals surface area contributed by atoms with Crippen LogP contribution in [0.2, 0.25) is 5.02 Å². The number of anilines is 1. The Bertz CT molecular complexity index is 523. The average molecular weight is 229 g/mol. The third-order valence-corrected chi connectivity index (χ3v) is 3.21. The van der Waals surface area contributed by atoms with Crippen LogP contribution in [-0.4, -0.2) is 4.92 Å². The number of nitrogens with two attached hydrogens (primary N) is 1. The van der Waals surface area contributed by atoms with Crippen LogP contribution in [0.3, 0.4) is 0 Å². The normalized spacial score (nSPS) is 10.6. The molecule has 72 valence electrons. The van der Waals surface area contributed by atoms with Gasteiger partial charge in [-0.3, -0.25) is 10.1 Å². The molecule has 2 rings (SSSR count). The molecule has 14 heavy (non-hydrogen) atoms. The molecule has 4 nitrogen and oxygen atoms in total. The minimum Gasteiger partial charge on any atom is -0.391 e. The second-order valence-corrected chi connectivity index (χ2v) is 4.24. The summed E-state index contributed by atoms with van der Waals surface area (Å²) in [5.74, 6) is 0. The van der Waals surface area contributed by atoms with Crippen molar-refractivity contribution >= 4 is 43.7 Å². The molecule has 0 aliphatic carbocycles. The van der Waals surface area contributed by atoms with Crippen molar-refractivity contribution in [2.24, 2.45) is 0 Å². The van der Waals surface area contributed by atoms with Crippen molar-refractivity contribution in [2.75, 3.05) is 5.73 Å². The first-order chi connectivity index (χ1) is 6.58. The summed E-state index contributed by atoms with van der Waals surface area (Å²) in [6.45, 7) is 0. The number of non-ortho nitro benzene ring substituents is 1. The monoisotopic (exact) mass is 228 g/mol. The molecular weight excluding hydrogens is 224 g/mol. The average Bonchev–Trinajstić information content (AvgIpc) is 2.45. The smallest absolute Gasteiger partial charge is 0.271 e. The van der Waals surface area contributed by atoms with E-state index >= 15 is 0 Å². The van der Waals surface area contributed by atoms with Gasteiger partial charge >= 0.3 is 0 Å². The minimum atomic E-state index is -0.473. The van der Waals surface area contributed by atoms with E-state index in [0.29, 0.717) is 15.4 Å². The van der Waals surface area contributed by atoms with Gasteiger partial charge in [0, 0.05) is 17.5 Å². The fourth-order valence-corrected chi connectivity index (χ4v) is 2.37. The summed E-state index contributed by atoms with van der Waals surface area (Å²) in [5.41, 5.74) is 5.56. The van der Waals surface area contributed by atoms with Crippen molar-refractivity contribution in [3.63, 3.8) is 0 Å². The van der Waals surface area contributed by atoms with E-state index in [4.69, 9.17) is 17.3 Å². The molecule has 1 aromatic heterocycles. The molecular formula is C8H5ClN2O2S. The van der Waals surface area contributed by atoms with Crippen molar-refractivity contribution in [1.82, 2.24) is 0 Å². The number of fused-ring (bicyclic) bond motifs is 1. The number of nitro benzene ring substituents is 1. The Balaban J connectivity index is 2.77. The van der Waals surface area contributed by atoms with Crippen LogP contribution in [0.5, 0.6) is 0 Å². The van der Waals surface area contributed by atoms with Crippen molar-refractivity contribution in [1.29, 1.82) is 0 Å². The van der Waals surface area contributed by atoms with E-state index in [-0.39, 0.29) is 5.69 Å². The Kier molecular flexibility index (Phi) is 2.05. The largest absolute Gasteiger partial charge is 0.391 e. The highest BCUT2D eigenvalue weighted by molar-refractivity contribution is 7.23. The molecule has 6 heteroatoms. The third kappa shape index (κ3) is 1.40. The highest BCUT2D eigenvalue weighted by atomic mass is 35.5. The molecule has 0 bridgehead atoms. The van der Waals surface area contributed by atoms with Crippen LogP contribution in [0.4, 0.5) is 10.7 Å². The summed E-state index contributed by atoms with van der Waals surface area (Å²) in [6, 6.07) is 4.48. The zero-order valence-electron chi connectivity index (χ0n) is 6.86. The fourth-order valence-electron chi connectivity index (χ4n) is 1.22. The Labute approximate surface area is 88.0 Å². The van der Waals surface area contributed by atoms with Crippen molar-refractivity contribution < 1.29 is 4.92 Å². The maximum atomic E-state index is 10.5. The second-order valence-electron chi connectivity index (χ2n) is 2.75. The lowest BCUT2D eigenvalue weighted by Gasteiger charge is -1.94. The highest BCUT2D eigenvalue weighted by Crippen LogP contribution is 2.36. The van der Waals surface area contributed by atoms with Crippen LogP contribution in [0.1, 0.15) is 0 Å². The lowest BCUT2D eigenvalue weighted by Crippen LogP contribution is -1.86.